The van der Waals surface area contributed by atoms with Gasteiger partial charge in [0.2, 0.25) is 0 Å². The van der Waals surface area contributed by atoms with Gasteiger partial charge in [-0.15, -0.1) is 0 Å². The molecule has 0 saturated heterocycles. The fourth-order valence-corrected chi connectivity index (χ4v) is 2.03. The summed E-state index contributed by atoms with van der Waals surface area (Å²) in [4.78, 5) is 38.1. The Balaban J connectivity index is 3.11. The molecule has 0 atom stereocenters. The van der Waals surface area contributed by atoms with Crippen LogP contribution in [0.25, 0.3) is 0 Å². The maximum Gasteiger partial charge on any atom is 0.320 e. The minimum atomic E-state index is -1.28. The van der Waals surface area contributed by atoms with Gasteiger partial charge in [-0.3, -0.25) is 24.7 Å². The first-order chi connectivity index (χ1) is 10.4. The molecule has 1 aromatic heterocycles. The van der Waals surface area contributed by atoms with E-state index < -0.39 is 22.8 Å². The van der Waals surface area contributed by atoms with Crippen molar-refractivity contribution in [2.75, 3.05) is 13.2 Å². The van der Waals surface area contributed by atoms with Crippen LogP contribution in [0.1, 0.15) is 19.5 Å². The number of halogens is 1. The standard InChI is InChI=1S/C13H15BrN2O6/c1-3-21-12(17)9(13(18)22-4-2)6-10-11(16(19)20)5-8(14)7-15-10/h5,7,9H,3-4,6H2,1-2H3. The van der Waals surface area contributed by atoms with Crippen LogP contribution in [-0.2, 0) is 25.5 Å². The average molecular weight is 375 g/mol. The Morgan fingerprint density at radius 3 is 2.32 bits per heavy atom. The summed E-state index contributed by atoms with van der Waals surface area (Å²) < 4.78 is 10.1. The number of nitrogens with zero attached hydrogens (tertiary/aromatic N) is 2. The van der Waals surface area contributed by atoms with E-state index in [1.807, 2.05) is 0 Å². The Bertz CT molecular complexity index is 560. The predicted octanol–water partition coefficient (Wildman–Crippen LogP) is 2.04. The van der Waals surface area contributed by atoms with Crippen molar-refractivity contribution < 1.29 is 24.0 Å². The molecule has 0 radical (unpaired) electrons. The summed E-state index contributed by atoms with van der Waals surface area (Å²) in [5, 5.41) is 11.1. The minimum Gasteiger partial charge on any atom is -0.465 e. The van der Waals surface area contributed by atoms with Gasteiger partial charge >= 0.3 is 11.9 Å². The molecule has 0 unspecified atom stereocenters. The van der Waals surface area contributed by atoms with E-state index in [9.17, 15) is 19.7 Å². The zero-order valence-electron chi connectivity index (χ0n) is 12.1. The molecule has 0 bridgehead atoms. The molecule has 120 valence electrons. The van der Waals surface area contributed by atoms with Crippen molar-refractivity contribution in [2.45, 2.75) is 20.3 Å². The number of nitro groups is 1. The third-order valence-electron chi connectivity index (χ3n) is 2.65. The van der Waals surface area contributed by atoms with Crippen LogP contribution in [0.15, 0.2) is 16.7 Å². The second-order valence-electron chi connectivity index (χ2n) is 4.14. The largest absolute Gasteiger partial charge is 0.465 e. The quantitative estimate of drug-likeness (QED) is 0.310. The summed E-state index contributed by atoms with van der Waals surface area (Å²) in [6.07, 6.45) is 1.09. The molecule has 0 aromatic carbocycles. The molecule has 1 aromatic rings. The summed E-state index contributed by atoms with van der Waals surface area (Å²) in [6, 6.07) is 1.26. The Labute approximate surface area is 135 Å². The van der Waals surface area contributed by atoms with E-state index in [-0.39, 0.29) is 31.0 Å². The van der Waals surface area contributed by atoms with E-state index in [1.165, 1.54) is 12.3 Å². The smallest absolute Gasteiger partial charge is 0.320 e. The number of carbonyl (C=O) groups excluding carboxylic acids is 2. The molecule has 0 aliphatic heterocycles. The van der Waals surface area contributed by atoms with Crippen LogP contribution in [0.2, 0.25) is 0 Å². The van der Waals surface area contributed by atoms with Gasteiger partial charge in [0, 0.05) is 23.2 Å². The first-order valence-corrected chi connectivity index (χ1v) is 7.32. The van der Waals surface area contributed by atoms with E-state index >= 15 is 0 Å². The fourth-order valence-electron chi connectivity index (χ4n) is 1.71. The minimum absolute atomic E-state index is 0.0132. The van der Waals surface area contributed by atoms with Gasteiger partial charge in [-0.25, -0.2) is 0 Å². The maximum atomic E-state index is 11.9. The Hall–Kier alpha value is -2.03. The molecule has 0 aliphatic carbocycles. The summed E-state index contributed by atoms with van der Waals surface area (Å²) in [7, 11) is 0. The van der Waals surface area contributed by atoms with Crippen LogP contribution in [0.3, 0.4) is 0 Å². The SMILES string of the molecule is CCOC(=O)C(Cc1ncc(Br)cc1[N+](=O)[O-])C(=O)OCC. The van der Waals surface area contributed by atoms with Crippen molar-refractivity contribution in [1.29, 1.82) is 0 Å². The lowest BCUT2D eigenvalue weighted by Crippen LogP contribution is -2.30. The van der Waals surface area contributed by atoms with Gasteiger partial charge in [-0.05, 0) is 29.8 Å². The van der Waals surface area contributed by atoms with Crippen molar-refractivity contribution in [3.05, 3.63) is 32.5 Å². The fraction of sp³-hybridized carbons (Fsp3) is 0.462. The molecule has 0 amide bonds. The predicted molar refractivity (Wildman–Crippen MR) is 79.1 cm³/mol. The number of hydrogen-bond acceptors (Lipinski definition) is 7. The number of ether oxygens (including phenoxy) is 2. The van der Waals surface area contributed by atoms with Gasteiger partial charge in [-0.2, -0.15) is 0 Å². The number of esters is 2. The Kier molecular flexibility index (Phi) is 6.90. The Morgan fingerprint density at radius 1 is 1.32 bits per heavy atom. The van der Waals surface area contributed by atoms with Gasteiger partial charge in [-0.1, -0.05) is 0 Å². The van der Waals surface area contributed by atoms with Crippen molar-refractivity contribution >= 4 is 33.6 Å². The molecule has 0 saturated carbocycles. The second kappa shape index (κ2) is 8.42. The van der Waals surface area contributed by atoms with E-state index in [2.05, 4.69) is 20.9 Å². The van der Waals surface area contributed by atoms with Gasteiger partial charge in [0.25, 0.3) is 5.69 Å². The molecule has 1 heterocycles. The number of aromatic nitrogens is 1. The molecule has 22 heavy (non-hydrogen) atoms. The summed E-state index contributed by atoms with van der Waals surface area (Å²) in [5.41, 5.74) is -0.271. The summed E-state index contributed by atoms with van der Waals surface area (Å²) >= 11 is 3.09. The van der Waals surface area contributed by atoms with E-state index in [0.29, 0.717) is 4.47 Å². The summed E-state index contributed by atoms with van der Waals surface area (Å²) in [6.45, 7) is 3.37. The molecule has 0 N–H and O–H groups in total. The van der Waals surface area contributed by atoms with Crippen LogP contribution < -0.4 is 0 Å². The highest BCUT2D eigenvalue weighted by atomic mass is 79.9. The molecule has 0 spiro atoms. The van der Waals surface area contributed by atoms with Crippen molar-refractivity contribution in [1.82, 2.24) is 4.98 Å². The topological polar surface area (TPSA) is 109 Å². The van der Waals surface area contributed by atoms with Gasteiger partial charge in [0.05, 0.1) is 18.1 Å². The third kappa shape index (κ3) is 4.76. The van der Waals surface area contributed by atoms with E-state index in [4.69, 9.17) is 9.47 Å². The lowest BCUT2D eigenvalue weighted by atomic mass is 10.0. The van der Waals surface area contributed by atoms with Crippen LogP contribution in [0, 0.1) is 16.0 Å². The zero-order chi connectivity index (χ0) is 16.7. The lowest BCUT2D eigenvalue weighted by molar-refractivity contribution is -0.386. The Morgan fingerprint density at radius 2 is 1.86 bits per heavy atom. The van der Waals surface area contributed by atoms with Crippen LogP contribution in [0.4, 0.5) is 5.69 Å². The molecule has 0 aliphatic rings. The lowest BCUT2D eigenvalue weighted by Gasteiger charge is -2.14. The van der Waals surface area contributed by atoms with Crippen LogP contribution >= 0.6 is 15.9 Å². The van der Waals surface area contributed by atoms with Crippen molar-refractivity contribution in [3.63, 3.8) is 0 Å². The van der Waals surface area contributed by atoms with Gasteiger partial charge in [0.1, 0.15) is 5.69 Å². The first kappa shape index (κ1) is 18.0. The first-order valence-electron chi connectivity index (χ1n) is 6.52. The highest BCUT2D eigenvalue weighted by Gasteiger charge is 2.33. The maximum absolute atomic E-state index is 11.9. The van der Waals surface area contributed by atoms with Crippen LogP contribution in [-0.4, -0.2) is 35.1 Å². The molecular formula is C13H15BrN2O6. The monoisotopic (exact) mass is 374 g/mol. The highest BCUT2D eigenvalue weighted by Crippen LogP contribution is 2.24. The molecule has 9 heteroatoms. The van der Waals surface area contributed by atoms with E-state index in [1.54, 1.807) is 13.8 Å². The average Bonchev–Trinajstić information content (AvgIpc) is 2.46. The molecule has 0 fully saturated rings. The van der Waals surface area contributed by atoms with Crippen LogP contribution in [0.5, 0.6) is 0 Å². The number of rotatable bonds is 7. The molecular weight excluding hydrogens is 360 g/mol. The number of pyridine rings is 1. The van der Waals surface area contributed by atoms with Crippen molar-refractivity contribution in [3.8, 4) is 0 Å². The van der Waals surface area contributed by atoms with E-state index in [0.717, 1.165) is 0 Å². The number of hydrogen-bond donors (Lipinski definition) is 0. The normalized spacial score (nSPS) is 10.4. The van der Waals surface area contributed by atoms with Crippen molar-refractivity contribution in [2.24, 2.45) is 5.92 Å². The summed E-state index contributed by atoms with van der Waals surface area (Å²) in [5.74, 6) is -2.87. The molecule has 1 rings (SSSR count). The van der Waals surface area contributed by atoms with Gasteiger partial charge < -0.3 is 9.47 Å². The third-order valence-corrected chi connectivity index (χ3v) is 3.08. The van der Waals surface area contributed by atoms with Gasteiger partial charge in [0.15, 0.2) is 5.92 Å². The molecule has 8 nitrogen and oxygen atoms in total. The highest BCUT2D eigenvalue weighted by molar-refractivity contribution is 9.10. The second-order valence-corrected chi connectivity index (χ2v) is 5.05. The zero-order valence-corrected chi connectivity index (χ0v) is 13.7. The number of carbonyl (C=O) groups is 2.